The quantitative estimate of drug-likeness (QED) is 0.892. The molecular weight excluding hydrogens is 330 g/mol. The molecule has 136 valence electrons. The Balaban J connectivity index is 1.34. The molecule has 0 spiro atoms. The molecule has 1 N–H and O–H groups in total. The van der Waals surface area contributed by atoms with Crippen LogP contribution in [0, 0.1) is 5.92 Å². The molecule has 0 aromatic carbocycles. The summed E-state index contributed by atoms with van der Waals surface area (Å²) < 4.78 is 1.77. The second-order valence-electron chi connectivity index (χ2n) is 7.13. The fourth-order valence-electron chi connectivity index (χ4n) is 3.90. The first-order chi connectivity index (χ1) is 12.7. The first-order valence-corrected chi connectivity index (χ1v) is 9.22. The highest BCUT2D eigenvalue weighted by molar-refractivity contribution is 5.96. The minimum atomic E-state index is -0.284. The van der Waals surface area contributed by atoms with Gasteiger partial charge in [0.1, 0.15) is 0 Å². The molecule has 1 atom stereocenters. The summed E-state index contributed by atoms with van der Waals surface area (Å²) in [7, 11) is 0. The van der Waals surface area contributed by atoms with E-state index in [0.717, 1.165) is 18.4 Å². The Labute approximate surface area is 152 Å². The van der Waals surface area contributed by atoms with Gasteiger partial charge in [-0.05, 0) is 30.5 Å². The molecule has 7 nitrogen and oxygen atoms in total. The van der Waals surface area contributed by atoms with E-state index in [2.05, 4.69) is 15.4 Å². The van der Waals surface area contributed by atoms with Crippen LogP contribution >= 0.6 is 0 Å². The number of hydrogen-bond donors (Lipinski definition) is 1. The Kier molecular flexibility index (Phi) is 4.69. The highest BCUT2D eigenvalue weighted by Gasteiger charge is 2.38. The van der Waals surface area contributed by atoms with Crippen LogP contribution in [0.2, 0.25) is 0 Å². The monoisotopic (exact) mass is 353 g/mol. The lowest BCUT2D eigenvalue weighted by Gasteiger charge is -2.23. The fourth-order valence-corrected chi connectivity index (χ4v) is 3.90. The molecule has 2 fully saturated rings. The van der Waals surface area contributed by atoms with Gasteiger partial charge >= 0.3 is 0 Å². The molecule has 4 rings (SSSR count). The molecule has 2 aliphatic rings. The van der Waals surface area contributed by atoms with E-state index in [1.165, 1.54) is 12.8 Å². The minimum Gasteiger partial charge on any atom is -0.339 e. The van der Waals surface area contributed by atoms with Crippen molar-refractivity contribution in [1.82, 2.24) is 19.7 Å². The van der Waals surface area contributed by atoms with Crippen molar-refractivity contribution < 1.29 is 9.59 Å². The van der Waals surface area contributed by atoms with E-state index in [1.807, 2.05) is 23.2 Å². The van der Waals surface area contributed by atoms with Crippen LogP contribution < -0.4 is 5.32 Å². The second kappa shape index (κ2) is 7.27. The zero-order valence-corrected chi connectivity index (χ0v) is 14.7. The zero-order valence-electron chi connectivity index (χ0n) is 14.7. The van der Waals surface area contributed by atoms with Crippen molar-refractivity contribution in [3.63, 3.8) is 0 Å². The number of likely N-dealkylation sites (tertiary alicyclic amines) is 1. The summed E-state index contributed by atoms with van der Waals surface area (Å²) in [5.41, 5.74) is 1.09. The highest BCUT2D eigenvalue weighted by atomic mass is 16.2. The van der Waals surface area contributed by atoms with Gasteiger partial charge in [-0.25, -0.2) is 0 Å². The van der Waals surface area contributed by atoms with Gasteiger partial charge in [-0.3, -0.25) is 19.3 Å². The number of carbonyl (C=O) groups excluding carboxylic acids is 2. The third-order valence-electron chi connectivity index (χ3n) is 5.28. The van der Waals surface area contributed by atoms with E-state index in [-0.39, 0.29) is 17.7 Å². The maximum absolute atomic E-state index is 12.5. The maximum atomic E-state index is 12.5. The van der Waals surface area contributed by atoms with E-state index in [0.29, 0.717) is 31.4 Å². The number of pyridine rings is 1. The van der Waals surface area contributed by atoms with Crippen molar-refractivity contribution >= 4 is 17.6 Å². The van der Waals surface area contributed by atoms with E-state index >= 15 is 0 Å². The first-order valence-electron chi connectivity index (χ1n) is 9.22. The SMILES string of the molecule is O=C(Nc1ccn(Cc2ccncc2)n1)C1CC(=O)N(C2CCCC2)C1. The number of anilines is 1. The standard InChI is InChI=1S/C19H23N5O2/c25-18-11-15(13-24(18)16-3-1-2-4-16)19(26)21-17-7-10-23(22-17)12-14-5-8-20-9-6-14/h5-10,15-16H,1-4,11-13H2,(H,21,22,26). The van der Waals surface area contributed by atoms with Gasteiger partial charge < -0.3 is 10.2 Å². The molecule has 1 unspecified atom stereocenters. The molecule has 1 aliphatic carbocycles. The van der Waals surface area contributed by atoms with Gasteiger partial charge in [0.25, 0.3) is 0 Å². The van der Waals surface area contributed by atoms with Gasteiger partial charge in [-0.15, -0.1) is 0 Å². The minimum absolute atomic E-state index is 0.111. The Morgan fingerprint density at radius 3 is 2.73 bits per heavy atom. The van der Waals surface area contributed by atoms with Crippen LogP contribution in [-0.2, 0) is 16.1 Å². The third kappa shape index (κ3) is 3.61. The van der Waals surface area contributed by atoms with Crippen LogP contribution in [0.5, 0.6) is 0 Å². The lowest BCUT2D eigenvalue weighted by molar-refractivity contribution is -0.129. The average Bonchev–Trinajstić information content (AvgIpc) is 3.37. The van der Waals surface area contributed by atoms with Crippen molar-refractivity contribution in [2.45, 2.75) is 44.7 Å². The number of rotatable bonds is 5. The van der Waals surface area contributed by atoms with Gasteiger partial charge in [0.15, 0.2) is 5.82 Å². The Morgan fingerprint density at radius 2 is 1.96 bits per heavy atom. The molecule has 2 aromatic rings. The van der Waals surface area contributed by atoms with Crippen LogP contribution in [0.3, 0.4) is 0 Å². The summed E-state index contributed by atoms with van der Waals surface area (Å²) in [5, 5.41) is 7.26. The number of aromatic nitrogens is 3. The molecule has 0 bridgehead atoms. The van der Waals surface area contributed by atoms with Crippen molar-refractivity contribution in [3.05, 3.63) is 42.4 Å². The van der Waals surface area contributed by atoms with Crippen LogP contribution in [-0.4, -0.2) is 44.1 Å². The van der Waals surface area contributed by atoms with Gasteiger partial charge in [0, 0.05) is 43.7 Å². The predicted octanol–water partition coefficient (Wildman–Crippen LogP) is 2.06. The molecule has 1 saturated heterocycles. The smallest absolute Gasteiger partial charge is 0.230 e. The number of hydrogen-bond acceptors (Lipinski definition) is 4. The largest absolute Gasteiger partial charge is 0.339 e. The summed E-state index contributed by atoms with van der Waals surface area (Å²) in [4.78, 5) is 30.7. The molecule has 2 amide bonds. The van der Waals surface area contributed by atoms with Gasteiger partial charge in [-0.2, -0.15) is 5.10 Å². The molecular formula is C19H23N5O2. The molecule has 7 heteroatoms. The number of nitrogens with one attached hydrogen (secondary N) is 1. The van der Waals surface area contributed by atoms with Crippen LogP contribution in [0.25, 0.3) is 0 Å². The van der Waals surface area contributed by atoms with Crippen molar-refractivity contribution in [2.75, 3.05) is 11.9 Å². The summed E-state index contributed by atoms with van der Waals surface area (Å²) in [6.07, 6.45) is 10.1. The van der Waals surface area contributed by atoms with E-state index < -0.39 is 0 Å². The van der Waals surface area contributed by atoms with Crippen molar-refractivity contribution in [3.8, 4) is 0 Å². The second-order valence-corrected chi connectivity index (χ2v) is 7.13. The lowest BCUT2D eigenvalue weighted by Crippen LogP contribution is -2.35. The van der Waals surface area contributed by atoms with E-state index in [9.17, 15) is 9.59 Å². The Hall–Kier alpha value is -2.70. The first kappa shape index (κ1) is 16.8. The highest BCUT2D eigenvalue weighted by Crippen LogP contribution is 2.29. The van der Waals surface area contributed by atoms with Crippen molar-refractivity contribution in [1.29, 1.82) is 0 Å². The summed E-state index contributed by atoms with van der Waals surface area (Å²) in [6, 6.07) is 5.98. The predicted molar refractivity (Wildman–Crippen MR) is 96.3 cm³/mol. The Bertz CT molecular complexity index is 782. The number of carbonyl (C=O) groups is 2. The normalized spacial score (nSPS) is 20.7. The fraction of sp³-hybridized carbons (Fsp3) is 0.474. The summed E-state index contributed by atoms with van der Waals surface area (Å²) in [6.45, 7) is 1.16. The third-order valence-corrected chi connectivity index (χ3v) is 5.28. The zero-order chi connectivity index (χ0) is 17.9. The summed E-state index contributed by atoms with van der Waals surface area (Å²) in [5.74, 6) is 0.234. The van der Waals surface area contributed by atoms with Crippen molar-refractivity contribution in [2.24, 2.45) is 5.92 Å². The maximum Gasteiger partial charge on any atom is 0.230 e. The number of amides is 2. The van der Waals surface area contributed by atoms with E-state index in [1.54, 1.807) is 23.1 Å². The topological polar surface area (TPSA) is 80.1 Å². The molecule has 0 radical (unpaired) electrons. The average molecular weight is 353 g/mol. The molecule has 3 heterocycles. The van der Waals surface area contributed by atoms with Gasteiger partial charge in [0.05, 0.1) is 12.5 Å². The summed E-state index contributed by atoms with van der Waals surface area (Å²) >= 11 is 0. The molecule has 1 saturated carbocycles. The molecule has 1 aliphatic heterocycles. The van der Waals surface area contributed by atoms with E-state index in [4.69, 9.17) is 0 Å². The number of nitrogens with zero attached hydrogens (tertiary/aromatic N) is 4. The molecule has 26 heavy (non-hydrogen) atoms. The lowest BCUT2D eigenvalue weighted by atomic mass is 10.1. The molecule has 2 aromatic heterocycles. The van der Waals surface area contributed by atoms with Gasteiger partial charge in [-0.1, -0.05) is 12.8 Å². The Morgan fingerprint density at radius 1 is 1.19 bits per heavy atom. The van der Waals surface area contributed by atoms with Crippen LogP contribution in [0.15, 0.2) is 36.8 Å². The van der Waals surface area contributed by atoms with Gasteiger partial charge in [0.2, 0.25) is 11.8 Å². The van der Waals surface area contributed by atoms with Crippen LogP contribution in [0.1, 0.15) is 37.7 Å². The van der Waals surface area contributed by atoms with Crippen LogP contribution in [0.4, 0.5) is 5.82 Å².